The van der Waals surface area contributed by atoms with Crippen LogP contribution in [0.4, 0.5) is 17.3 Å². The number of aromatic nitrogens is 3. The summed E-state index contributed by atoms with van der Waals surface area (Å²) in [5.74, 6) is 0.430. The molecule has 0 spiro atoms. The maximum Gasteiger partial charge on any atom is 0.260 e. The highest BCUT2D eigenvalue weighted by atomic mass is 35.5. The average molecular weight is 451 g/mol. The Labute approximate surface area is 192 Å². The molecule has 1 aromatic carbocycles. The van der Waals surface area contributed by atoms with Gasteiger partial charge in [-0.25, -0.2) is 4.98 Å². The lowest BCUT2D eigenvalue weighted by molar-refractivity contribution is 0.313. The zero-order chi connectivity index (χ0) is 22.8. The molecule has 8 heteroatoms. The Morgan fingerprint density at radius 3 is 2.47 bits per heavy atom. The normalized spacial score (nSPS) is 14.5. The lowest BCUT2D eigenvalue weighted by atomic mass is 10.1. The molecule has 0 radical (unpaired) electrons. The molecule has 32 heavy (non-hydrogen) atoms. The molecule has 1 fully saturated rings. The Morgan fingerprint density at radius 2 is 1.84 bits per heavy atom. The van der Waals surface area contributed by atoms with E-state index in [2.05, 4.69) is 57.4 Å². The van der Waals surface area contributed by atoms with Crippen LogP contribution in [0.15, 0.2) is 59.5 Å². The molecular weight excluding hydrogens is 424 g/mol. The number of likely N-dealkylation sites (N-methyl/N-ethyl adjacent to an activating group) is 1. The van der Waals surface area contributed by atoms with Gasteiger partial charge in [0.1, 0.15) is 5.65 Å². The van der Waals surface area contributed by atoms with Crippen LogP contribution in [0.3, 0.4) is 0 Å². The molecule has 3 heterocycles. The van der Waals surface area contributed by atoms with Gasteiger partial charge in [-0.15, -0.1) is 0 Å². The molecule has 3 aromatic rings. The standard InChI is InChI=1S/C24H27ClN6O/c1-5-31-22-18(14-21(23(31)32)16(2)17(3)25)15-26-24(28-22)27-19-6-8-20(9-7-19)30-12-10-29(4)11-13-30/h6-9,14-15H,2-3,5,10-13H2,1,4H3,(H,26,27,28). The summed E-state index contributed by atoms with van der Waals surface area (Å²) in [6.07, 6.45) is 1.70. The van der Waals surface area contributed by atoms with Gasteiger partial charge in [-0.2, -0.15) is 4.98 Å². The van der Waals surface area contributed by atoms with Crippen LogP contribution in [0.5, 0.6) is 0 Å². The molecule has 0 amide bonds. The Balaban J connectivity index is 1.60. The molecule has 166 valence electrons. The third-order valence-electron chi connectivity index (χ3n) is 5.79. The van der Waals surface area contributed by atoms with Crippen molar-refractivity contribution in [2.75, 3.05) is 43.4 Å². The summed E-state index contributed by atoms with van der Waals surface area (Å²) in [4.78, 5) is 26.7. The molecule has 0 aliphatic carbocycles. The number of anilines is 3. The SMILES string of the molecule is C=C(Cl)C(=C)c1cc2cnc(Nc3ccc(N4CCN(C)CC4)cc3)nc2n(CC)c1=O. The van der Waals surface area contributed by atoms with E-state index in [1.807, 2.05) is 19.1 Å². The fourth-order valence-electron chi connectivity index (χ4n) is 3.82. The van der Waals surface area contributed by atoms with Gasteiger partial charge in [0.2, 0.25) is 5.95 Å². The first kappa shape index (κ1) is 22.0. The maximum atomic E-state index is 13.0. The molecule has 0 bridgehead atoms. The van der Waals surface area contributed by atoms with E-state index in [0.717, 1.165) is 37.3 Å². The minimum absolute atomic E-state index is 0.201. The largest absolute Gasteiger partial charge is 0.369 e. The topological polar surface area (TPSA) is 66.3 Å². The summed E-state index contributed by atoms with van der Waals surface area (Å²) in [6, 6.07) is 9.97. The summed E-state index contributed by atoms with van der Waals surface area (Å²) >= 11 is 5.98. The Bertz CT molecular complexity index is 1230. The van der Waals surface area contributed by atoms with Crippen LogP contribution < -0.4 is 15.8 Å². The zero-order valence-electron chi connectivity index (χ0n) is 18.4. The van der Waals surface area contributed by atoms with Crippen molar-refractivity contribution in [3.05, 3.63) is 70.6 Å². The molecule has 0 atom stereocenters. The molecule has 0 saturated carbocycles. The van der Waals surface area contributed by atoms with Gasteiger partial charge in [0.15, 0.2) is 0 Å². The van der Waals surface area contributed by atoms with Crippen molar-refractivity contribution in [1.29, 1.82) is 0 Å². The van der Waals surface area contributed by atoms with E-state index < -0.39 is 0 Å². The zero-order valence-corrected chi connectivity index (χ0v) is 19.2. The molecule has 1 N–H and O–H groups in total. The third kappa shape index (κ3) is 4.40. The van der Waals surface area contributed by atoms with Crippen molar-refractivity contribution < 1.29 is 0 Å². The van der Waals surface area contributed by atoms with E-state index in [-0.39, 0.29) is 10.6 Å². The summed E-state index contributed by atoms with van der Waals surface area (Å²) < 4.78 is 1.60. The number of piperazine rings is 1. The number of benzene rings is 1. The van der Waals surface area contributed by atoms with Crippen molar-refractivity contribution in [3.8, 4) is 0 Å². The minimum Gasteiger partial charge on any atom is -0.369 e. The van der Waals surface area contributed by atoms with Gasteiger partial charge < -0.3 is 15.1 Å². The Morgan fingerprint density at radius 1 is 1.16 bits per heavy atom. The molecule has 2 aromatic heterocycles. The second kappa shape index (κ2) is 9.14. The van der Waals surface area contributed by atoms with Gasteiger partial charge in [0.05, 0.1) is 0 Å². The van der Waals surface area contributed by atoms with Crippen LogP contribution in [-0.4, -0.2) is 52.7 Å². The van der Waals surface area contributed by atoms with Crippen LogP contribution in [0, 0.1) is 0 Å². The van der Waals surface area contributed by atoms with Crippen LogP contribution in [0.1, 0.15) is 12.5 Å². The average Bonchev–Trinajstić information content (AvgIpc) is 2.79. The summed E-state index contributed by atoms with van der Waals surface area (Å²) in [5, 5.41) is 4.21. The van der Waals surface area contributed by atoms with E-state index >= 15 is 0 Å². The first-order valence-electron chi connectivity index (χ1n) is 10.6. The number of halogens is 1. The number of fused-ring (bicyclic) bond motifs is 1. The number of aryl methyl sites for hydroxylation is 1. The van der Waals surface area contributed by atoms with Crippen molar-refractivity contribution in [2.24, 2.45) is 0 Å². The second-order valence-corrected chi connectivity index (χ2v) is 8.38. The minimum atomic E-state index is -0.201. The van der Waals surface area contributed by atoms with Gasteiger partial charge in [-0.1, -0.05) is 24.8 Å². The lowest BCUT2D eigenvalue weighted by Crippen LogP contribution is -2.44. The third-order valence-corrected chi connectivity index (χ3v) is 6.02. The van der Waals surface area contributed by atoms with Crippen molar-refractivity contribution >= 4 is 45.5 Å². The lowest BCUT2D eigenvalue weighted by Gasteiger charge is -2.34. The molecule has 1 saturated heterocycles. The Kier molecular flexibility index (Phi) is 6.30. The highest BCUT2D eigenvalue weighted by Crippen LogP contribution is 2.24. The van der Waals surface area contributed by atoms with Gasteiger partial charge in [0, 0.05) is 66.3 Å². The molecule has 4 rings (SSSR count). The number of hydrogen-bond donors (Lipinski definition) is 1. The number of nitrogens with one attached hydrogen (secondary N) is 1. The number of allylic oxidation sites excluding steroid dienone is 2. The van der Waals surface area contributed by atoms with Gasteiger partial charge in [-0.3, -0.25) is 9.36 Å². The van der Waals surface area contributed by atoms with Gasteiger partial charge >= 0.3 is 0 Å². The molecule has 1 aliphatic rings. The number of nitrogens with zero attached hydrogens (tertiary/aromatic N) is 5. The number of rotatable bonds is 6. The fraction of sp³-hybridized carbons (Fsp3) is 0.292. The monoisotopic (exact) mass is 450 g/mol. The summed E-state index contributed by atoms with van der Waals surface area (Å²) in [6.45, 7) is 14.1. The molecular formula is C24H27ClN6O. The van der Waals surface area contributed by atoms with E-state index in [4.69, 9.17) is 11.6 Å². The van der Waals surface area contributed by atoms with Crippen LogP contribution >= 0.6 is 11.6 Å². The van der Waals surface area contributed by atoms with E-state index in [0.29, 0.717) is 29.3 Å². The van der Waals surface area contributed by atoms with Crippen molar-refractivity contribution in [3.63, 3.8) is 0 Å². The summed E-state index contributed by atoms with van der Waals surface area (Å²) in [5.41, 5.74) is 3.26. The van der Waals surface area contributed by atoms with Crippen LogP contribution in [-0.2, 0) is 6.54 Å². The van der Waals surface area contributed by atoms with Gasteiger partial charge in [-0.05, 0) is 49.9 Å². The summed E-state index contributed by atoms with van der Waals surface area (Å²) in [7, 11) is 2.15. The highest BCUT2D eigenvalue weighted by molar-refractivity contribution is 6.36. The first-order valence-corrected chi connectivity index (χ1v) is 11.0. The van der Waals surface area contributed by atoms with Crippen LogP contribution in [0.25, 0.3) is 16.6 Å². The predicted molar refractivity (Wildman–Crippen MR) is 133 cm³/mol. The Hall–Kier alpha value is -3.16. The van der Waals surface area contributed by atoms with E-state index in [9.17, 15) is 4.79 Å². The maximum absolute atomic E-state index is 13.0. The van der Waals surface area contributed by atoms with Crippen molar-refractivity contribution in [1.82, 2.24) is 19.4 Å². The second-order valence-electron chi connectivity index (χ2n) is 7.93. The van der Waals surface area contributed by atoms with Gasteiger partial charge in [0.25, 0.3) is 5.56 Å². The molecule has 7 nitrogen and oxygen atoms in total. The van der Waals surface area contributed by atoms with E-state index in [1.165, 1.54) is 5.69 Å². The molecule has 1 aliphatic heterocycles. The molecule has 0 unspecified atom stereocenters. The van der Waals surface area contributed by atoms with Crippen molar-refractivity contribution in [2.45, 2.75) is 13.5 Å². The number of pyridine rings is 1. The van der Waals surface area contributed by atoms with E-state index in [1.54, 1.807) is 16.8 Å². The highest BCUT2D eigenvalue weighted by Gasteiger charge is 2.15. The number of hydrogen-bond acceptors (Lipinski definition) is 6. The fourth-order valence-corrected chi connectivity index (χ4v) is 3.93. The smallest absolute Gasteiger partial charge is 0.260 e. The van der Waals surface area contributed by atoms with Crippen LogP contribution in [0.2, 0.25) is 0 Å². The quantitative estimate of drug-likeness (QED) is 0.571. The first-order chi connectivity index (χ1) is 15.4. The predicted octanol–water partition coefficient (Wildman–Crippen LogP) is 4.07.